The number of rotatable bonds is 5. The van der Waals surface area contributed by atoms with Crippen molar-refractivity contribution in [2.24, 2.45) is 0 Å². The van der Waals surface area contributed by atoms with Gasteiger partial charge in [-0.05, 0) is 61.6 Å². The van der Waals surface area contributed by atoms with Gasteiger partial charge >= 0.3 is 0 Å². The van der Waals surface area contributed by atoms with E-state index >= 15 is 0 Å². The number of nitrogens with one attached hydrogen (secondary N) is 2. The average Bonchev–Trinajstić information content (AvgIpc) is 2.67. The summed E-state index contributed by atoms with van der Waals surface area (Å²) in [6.07, 6.45) is 0. The molecule has 2 N–H and O–H groups in total. The van der Waals surface area contributed by atoms with Crippen molar-refractivity contribution in [1.82, 2.24) is 9.55 Å². The van der Waals surface area contributed by atoms with Crippen LogP contribution >= 0.6 is 12.2 Å². The Balaban J connectivity index is 1.85. The zero-order valence-electron chi connectivity index (χ0n) is 14.5. The predicted molar refractivity (Wildman–Crippen MR) is 105 cm³/mol. The van der Waals surface area contributed by atoms with Gasteiger partial charge in [-0.2, -0.15) is 5.26 Å². The summed E-state index contributed by atoms with van der Waals surface area (Å²) in [5.41, 5.74) is 1.31. The Morgan fingerprint density at radius 3 is 2.70 bits per heavy atom. The predicted octanol–water partition coefficient (Wildman–Crippen LogP) is 3.23. The third-order valence-corrected chi connectivity index (χ3v) is 4.30. The lowest BCUT2D eigenvalue weighted by molar-refractivity contribution is 0.102. The summed E-state index contributed by atoms with van der Waals surface area (Å²) >= 11 is 5.20. The zero-order chi connectivity index (χ0) is 19.4. The van der Waals surface area contributed by atoms with Gasteiger partial charge < -0.3 is 15.0 Å². The van der Waals surface area contributed by atoms with Crippen molar-refractivity contribution < 1.29 is 9.53 Å². The molecule has 7 nitrogen and oxygen atoms in total. The number of aromatic amines is 1. The molecule has 0 spiro atoms. The summed E-state index contributed by atoms with van der Waals surface area (Å²) in [5, 5.41) is 11.8. The number of fused-ring (bicyclic) bond motifs is 1. The van der Waals surface area contributed by atoms with Crippen LogP contribution in [0.2, 0.25) is 0 Å². The topological polar surface area (TPSA) is 99.9 Å². The molecule has 0 radical (unpaired) electrons. The smallest absolute Gasteiger partial charge is 0.262 e. The minimum atomic E-state index is -0.318. The van der Waals surface area contributed by atoms with E-state index < -0.39 is 0 Å². The van der Waals surface area contributed by atoms with E-state index in [1.165, 1.54) is 4.57 Å². The van der Waals surface area contributed by atoms with Gasteiger partial charge in [-0.15, -0.1) is 0 Å². The van der Waals surface area contributed by atoms with Gasteiger partial charge in [0.05, 0.1) is 10.9 Å². The number of amides is 1. The molecule has 1 amide bonds. The molecule has 136 valence electrons. The molecular weight excluding hydrogens is 364 g/mol. The summed E-state index contributed by atoms with van der Waals surface area (Å²) in [6.45, 7) is 2.28. The van der Waals surface area contributed by atoms with Crippen molar-refractivity contribution in [3.63, 3.8) is 0 Å². The molecule has 0 bridgehead atoms. The summed E-state index contributed by atoms with van der Waals surface area (Å²) in [6, 6.07) is 13.4. The Hall–Kier alpha value is -3.44. The number of H-pyrrole nitrogens is 1. The molecule has 1 heterocycles. The first kappa shape index (κ1) is 18.4. The number of hydrogen-bond donors (Lipinski definition) is 2. The molecule has 3 aromatic rings. The van der Waals surface area contributed by atoms with Gasteiger partial charge in [0.1, 0.15) is 11.8 Å². The van der Waals surface area contributed by atoms with Gasteiger partial charge in [-0.3, -0.25) is 14.2 Å². The molecule has 0 fully saturated rings. The number of nitriles is 1. The molecule has 0 unspecified atom stereocenters. The highest BCUT2D eigenvalue weighted by molar-refractivity contribution is 7.71. The second kappa shape index (κ2) is 7.85. The van der Waals surface area contributed by atoms with Gasteiger partial charge in [0.2, 0.25) is 0 Å². The van der Waals surface area contributed by atoms with E-state index in [1.807, 2.05) is 13.0 Å². The van der Waals surface area contributed by atoms with E-state index in [2.05, 4.69) is 10.3 Å². The molecular formula is C19H16N4O3S. The van der Waals surface area contributed by atoms with Crippen LogP contribution in [-0.2, 0) is 6.54 Å². The maximum atomic E-state index is 12.5. The van der Waals surface area contributed by atoms with Crippen molar-refractivity contribution >= 4 is 34.7 Å². The first-order valence-electron chi connectivity index (χ1n) is 8.21. The van der Waals surface area contributed by atoms with E-state index in [4.69, 9.17) is 22.2 Å². The minimum absolute atomic E-state index is 0.0378. The number of carbonyl (C=O) groups is 1. The lowest BCUT2D eigenvalue weighted by Crippen LogP contribution is -2.21. The molecule has 2 aromatic carbocycles. The Morgan fingerprint density at radius 1 is 1.30 bits per heavy atom. The Morgan fingerprint density at radius 2 is 2.04 bits per heavy atom. The zero-order valence-corrected chi connectivity index (χ0v) is 15.3. The monoisotopic (exact) mass is 380 g/mol. The fraction of sp³-hybridized carbons (Fsp3) is 0.158. The van der Waals surface area contributed by atoms with Crippen molar-refractivity contribution in [1.29, 1.82) is 5.26 Å². The average molecular weight is 380 g/mol. The van der Waals surface area contributed by atoms with Crippen LogP contribution in [0.4, 0.5) is 5.69 Å². The first-order chi connectivity index (χ1) is 13.0. The number of carbonyl (C=O) groups excluding carboxylic acids is 1. The van der Waals surface area contributed by atoms with Gasteiger partial charge in [0.25, 0.3) is 11.5 Å². The maximum absolute atomic E-state index is 12.5. The number of hydrogen-bond acceptors (Lipinski definition) is 5. The Kier molecular flexibility index (Phi) is 5.33. The van der Waals surface area contributed by atoms with E-state index in [1.54, 1.807) is 42.5 Å². The molecule has 0 aliphatic carbocycles. The van der Waals surface area contributed by atoms with Gasteiger partial charge in [-0.25, -0.2) is 0 Å². The number of aromatic nitrogens is 2. The first-order valence-corrected chi connectivity index (χ1v) is 8.62. The molecule has 0 saturated carbocycles. The van der Waals surface area contributed by atoms with E-state index in [9.17, 15) is 9.59 Å². The second-order valence-corrected chi connectivity index (χ2v) is 6.05. The van der Waals surface area contributed by atoms with Gasteiger partial charge in [0.15, 0.2) is 11.4 Å². The molecule has 1 aromatic heterocycles. The van der Waals surface area contributed by atoms with Crippen LogP contribution in [0.5, 0.6) is 5.75 Å². The summed E-state index contributed by atoms with van der Waals surface area (Å²) < 4.78 is 6.96. The van der Waals surface area contributed by atoms with E-state index in [0.717, 1.165) is 0 Å². The molecule has 3 rings (SSSR count). The maximum Gasteiger partial charge on any atom is 0.262 e. The highest BCUT2D eigenvalue weighted by Crippen LogP contribution is 2.17. The summed E-state index contributed by atoms with van der Waals surface area (Å²) in [5.74, 6) is 0.224. The quantitative estimate of drug-likeness (QED) is 0.662. The summed E-state index contributed by atoms with van der Waals surface area (Å²) in [7, 11) is 0. The van der Waals surface area contributed by atoms with E-state index in [-0.39, 0.29) is 18.1 Å². The normalized spacial score (nSPS) is 10.4. The number of benzene rings is 2. The van der Waals surface area contributed by atoms with Crippen LogP contribution < -0.4 is 15.6 Å². The highest BCUT2D eigenvalue weighted by atomic mass is 32.1. The Bertz CT molecular complexity index is 1160. The number of ether oxygens (including phenoxy) is 1. The SMILES string of the molecule is CCn1c(=S)[nH]c2cc(C(=O)Nc3ccc(OCC#N)cc3)ccc2c1=O. The van der Waals surface area contributed by atoms with Crippen LogP contribution in [0.25, 0.3) is 10.9 Å². The molecule has 27 heavy (non-hydrogen) atoms. The van der Waals surface area contributed by atoms with Crippen LogP contribution in [0.15, 0.2) is 47.3 Å². The second-order valence-electron chi connectivity index (χ2n) is 5.67. The highest BCUT2D eigenvalue weighted by Gasteiger charge is 2.10. The molecule has 0 aliphatic rings. The lowest BCUT2D eigenvalue weighted by atomic mass is 10.1. The standard InChI is InChI=1S/C19H16N4O3S/c1-2-23-18(25)15-8-3-12(11-16(15)22-19(23)27)17(24)21-13-4-6-14(7-5-13)26-10-9-20/h3-8,11H,2,10H2,1H3,(H,21,24)(H,22,27). The fourth-order valence-electron chi connectivity index (χ4n) is 2.64. The largest absolute Gasteiger partial charge is 0.479 e. The minimum Gasteiger partial charge on any atom is -0.479 e. The van der Waals surface area contributed by atoms with Crippen molar-refractivity contribution in [3.8, 4) is 11.8 Å². The van der Waals surface area contributed by atoms with Gasteiger partial charge in [0, 0.05) is 17.8 Å². The van der Waals surface area contributed by atoms with Crippen LogP contribution in [0.1, 0.15) is 17.3 Å². The van der Waals surface area contributed by atoms with Crippen LogP contribution in [-0.4, -0.2) is 22.1 Å². The molecule has 0 aliphatic heterocycles. The lowest BCUT2D eigenvalue weighted by Gasteiger charge is -2.09. The van der Waals surface area contributed by atoms with E-state index in [0.29, 0.717) is 39.2 Å². The number of anilines is 1. The third kappa shape index (κ3) is 3.88. The van der Waals surface area contributed by atoms with Gasteiger partial charge in [-0.1, -0.05) is 0 Å². The number of nitrogens with zero attached hydrogens (tertiary/aromatic N) is 2. The van der Waals surface area contributed by atoms with Crippen LogP contribution in [0, 0.1) is 16.1 Å². The Labute approximate surface area is 159 Å². The van der Waals surface area contributed by atoms with Crippen molar-refractivity contribution in [3.05, 3.63) is 63.2 Å². The molecule has 8 heteroatoms. The molecule has 0 atom stereocenters. The van der Waals surface area contributed by atoms with Crippen molar-refractivity contribution in [2.45, 2.75) is 13.5 Å². The third-order valence-electron chi connectivity index (χ3n) is 3.98. The van der Waals surface area contributed by atoms with Crippen molar-refractivity contribution in [2.75, 3.05) is 11.9 Å². The van der Waals surface area contributed by atoms with Crippen LogP contribution in [0.3, 0.4) is 0 Å². The fourth-order valence-corrected chi connectivity index (χ4v) is 2.96. The summed E-state index contributed by atoms with van der Waals surface area (Å²) in [4.78, 5) is 27.9. The molecule has 0 saturated heterocycles.